The van der Waals surface area contributed by atoms with Crippen molar-refractivity contribution in [2.24, 2.45) is 0 Å². The number of hydrogen-bond donors (Lipinski definition) is 2. The van der Waals surface area contributed by atoms with Crippen molar-refractivity contribution in [3.05, 3.63) is 23.8 Å². The molecule has 0 spiro atoms. The van der Waals surface area contributed by atoms with Gasteiger partial charge in [0.2, 0.25) is 0 Å². The molecule has 0 saturated carbocycles. The monoisotopic (exact) mass is 298 g/mol. The van der Waals surface area contributed by atoms with Crippen LogP contribution in [0.5, 0.6) is 0 Å². The van der Waals surface area contributed by atoms with Crippen LogP contribution in [-0.4, -0.2) is 28.6 Å². The standard InChI is InChI=1S/C12H21N4OP.C2H6/c1-8(2)15-11(17)14-7-12(4,18)10-13-6-5-9(3)16-10;1-2/h5-6,8H,7,18H2,1-4H3,(H2,14,15,17);1-2H3. The van der Waals surface area contributed by atoms with Crippen molar-refractivity contribution < 1.29 is 4.79 Å². The molecule has 1 aromatic rings. The highest BCUT2D eigenvalue weighted by molar-refractivity contribution is 7.18. The third-order valence-electron chi connectivity index (χ3n) is 2.34. The summed E-state index contributed by atoms with van der Waals surface area (Å²) in [5.74, 6) is 0.706. The molecule has 2 atom stereocenters. The summed E-state index contributed by atoms with van der Waals surface area (Å²) in [6.07, 6.45) is 1.73. The summed E-state index contributed by atoms with van der Waals surface area (Å²) in [4.78, 5) is 20.2. The molecule has 5 nitrogen and oxygen atoms in total. The van der Waals surface area contributed by atoms with Crippen molar-refractivity contribution in [2.45, 2.75) is 52.7 Å². The van der Waals surface area contributed by atoms with E-state index in [0.717, 1.165) is 5.69 Å². The van der Waals surface area contributed by atoms with Gasteiger partial charge in [0, 0.05) is 24.5 Å². The van der Waals surface area contributed by atoms with Crippen molar-refractivity contribution in [1.29, 1.82) is 0 Å². The van der Waals surface area contributed by atoms with Crippen LogP contribution in [0.25, 0.3) is 0 Å². The Kier molecular flexibility index (Phi) is 8.31. The van der Waals surface area contributed by atoms with E-state index in [4.69, 9.17) is 0 Å². The number of nitrogens with zero attached hydrogens (tertiary/aromatic N) is 2. The van der Waals surface area contributed by atoms with Gasteiger partial charge in [0.25, 0.3) is 0 Å². The second-order valence-corrected chi connectivity index (χ2v) is 6.20. The van der Waals surface area contributed by atoms with Gasteiger partial charge in [-0.1, -0.05) is 13.8 Å². The molecule has 114 valence electrons. The number of aromatic nitrogens is 2. The van der Waals surface area contributed by atoms with Crippen molar-refractivity contribution >= 4 is 15.3 Å². The van der Waals surface area contributed by atoms with Gasteiger partial charge in [-0.25, -0.2) is 14.8 Å². The molecule has 2 amide bonds. The second kappa shape index (κ2) is 8.85. The van der Waals surface area contributed by atoms with E-state index in [0.29, 0.717) is 12.4 Å². The summed E-state index contributed by atoms with van der Waals surface area (Å²) >= 11 is 0. The first-order valence-corrected chi connectivity index (χ1v) is 7.52. The Labute approximate surface area is 124 Å². The number of rotatable bonds is 4. The van der Waals surface area contributed by atoms with Crippen molar-refractivity contribution in [1.82, 2.24) is 20.6 Å². The Balaban J connectivity index is 0.00000172. The lowest BCUT2D eigenvalue weighted by atomic mass is 10.1. The molecule has 0 aromatic carbocycles. The zero-order valence-corrected chi connectivity index (χ0v) is 14.5. The molecule has 1 heterocycles. The molecule has 2 unspecified atom stereocenters. The van der Waals surface area contributed by atoms with E-state index in [1.807, 2.05) is 47.6 Å². The highest BCUT2D eigenvalue weighted by Crippen LogP contribution is 2.27. The molecule has 6 heteroatoms. The predicted molar refractivity (Wildman–Crippen MR) is 86.8 cm³/mol. The maximum absolute atomic E-state index is 11.5. The lowest BCUT2D eigenvalue weighted by Crippen LogP contribution is -2.44. The third-order valence-corrected chi connectivity index (χ3v) is 2.80. The Hall–Kier alpha value is -1.22. The smallest absolute Gasteiger partial charge is 0.315 e. The first-order chi connectivity index (χ1) is 9.31. The van der Waals surface area contributed by atoms with Crippen LogP contribution in [0.15, 0.2) is 12.3 Å². The minimum Gasteiger partial charge on any atom is -0.337 e. The SMILES string of the molecule is CC.Cc1ccnc(C(C)(P)CNC(=O)NC(C)C)n1. The van der Waals surface area contributed by atoms with E-state index < -0.39 is 0 Å². The third kappa shape index (κ3) is 6.80. The molecule has 1 rings (SSSR count). The summed E-state index contributed by atoms with van der Waals surface area (Å²) in [7, 11) is 2.70. The van der Waals surface area contributed by atoms with E-state index in [-0.39, 0.29) is 17.2 Å². The van der Waals surface area contributed by atoms with Crippen molar-refractivity contribution in [3.8, 4) is 0 Å². The fourth-order valence-corrected chi connectivity index (χ4v) is 1.62. The lowest BCUT2D eigenvalue weighted by molar-refractivity contribution is 0.237. The molecule has 0 aliphatic rings. The second-order valence-electron chi connectivity index (χ2n) is 4.92. The normalized spacial score (nSPS) is 13.0. The first-order valence-electron chi connectivity index (χ1n) is 6.94. The topological polar surface area (TPSA) is 66.9 Å². The molecule has 20 heavy (non-hydrogen) atoms. The number of amides is 2. The van der Waals surface area contributed by atoms with E-state index in [2.05, 4.69) is 29.8 Å². The van der Waals surface area contributed by atoms with Gasteiger partial charge in [-0.05, 0) is 33.8 Å². The quantitative estimate of drug-likeness (QED) is 0.840. The Morgan fingerprint density at radius 2 is 2.05 bits per heavy atom. The van der Waals surface area contributed by atoms with Gasteiger partial charge >= 0.3 is 6.03 Å². The van der Waals surface area contributed by atoms with Crippen LogP contribution in [0.1, 0.15) is 46.1 Å². The molecule has 0 saturated heterocycles. The largest absolute Gasteiger partial charge is 0.337 e. The van der Waals surface area contributed by atoms with E-state index >= 15 is 0 Å². The molecule has 2 N–H and O–H groups in total. The summed E-state index contributed by atoms with van der Waals surface area (Å²) < 4.78 is 0. The van der Waals surface area contributed by atoms with Gasteiger partial charge in [-0.3, -0.25) is 0 Å². The maximum atomic E-state index is 11.5. The minimum absolute atomic E-state index is 0.121. The van der Waals surface area contributed by atoms with Gasteiger partial charge in [0.05, 0.1) is 5.16 Å². The number of nitrogens with one attached hydrogen (secondary N) is 2. The fourth-order valence-electron chi connectivity index (χ4n) is 1.38. The molecular weight excluding hydrogens is 271 g/mol. The first kappa shape index (κ1) is 18.8. The number of urea groups is 1. The molecule has 0 aliphatic heterocycles. The van der Waals surface area contributed by atoms with Gasteiger partial charge in [-0.15, -0.1) is 9.24 Å². The lowest BCUT2D eigenvalue weighted by Gasteiger charge is -2.23. The van der Waals surface area contributed by atoms with Crippen molar-refractivity contribution in [3.63, 3.8) is 0 Å². The zero-order valence-electron chi connectivity index (χ0n) is 13.3. The van der Waals surface area contributed by atoms with Crippen LogP contribution in [-0.2, 0) is 5.16 Å². The van der Waals surface area contributed by atoms with Crippen molar-refractivity contribution in [2.75, 3.05) is 6.54 Å². The van der Waals surface area contributed by atoms with Crippen LogP contribution in [0.4, 0.5) is 4.79 Å². The number of hydrogen-bond acceptors (Lipinski definition) is 3. The summed E-state index contributed by atoms with van der Waals surface area (Å²) in [6.45, 7) is 12.2. The van der Waals surface area contributed by atoms with Crippen LogP contribution in [0.3, 0.4) is 0 Å². The molecule has 0 aliphatic carbocycles. The number of carbonyl (C=O) groups excluding carboxylic acids is 1. The summed E-state index contributed by atoms with van der Waals surface area (Å²) in [6, 6.07) is 1.80. The molecule has 0 fully saturated rings. The predicted octanol–water partition coefficient (Wildman–Crippen LogP) is 2.61. The average Bonchev–Trinajstić information content (AvgIpc) is 2.38. The van der Waals surface area contributed by atoms with E-state index in [9.17, 15) is 4.79 Å². The van der Waals surface area contributed by atoms with Gasteiger partial charge in [0.15, 0.2) is 0 Å². The Bertz CT molecular complexity index is 421. The van der Waals surface area contributed by atoms with Crippen LogP contribution in [0.2, 0.25) is 0 Å². The Morgan fingerprint density at radius 1 is 1.45 bits per heavy atom. The fraction of sp³-hybridized carbons (Fsp3) is 0.643. The van der Waals surface area contributed by atoms with Gasteiger partial charge < -0.3 is 10.6 Å². The number of aryl methyl sites for hydroxylation is 1. The summed E-state index contributed by atoms with van der Waals surface area (Å²) in [5, 5.41) is 5.22. The molecule has 1 aromatic heterocycles. The van der Waals surface area contributed by atoms with Crippen LogP contribution < -0.4 is 10.6 Å². The maximum Gasteiger partial charge on any atom is 0.315 e. The van der Waals surface area contributed by atoms with E-state index in [1.165, 1.54) is 0 Å². The van der Waals surface area contributed by atoms with Gasteiger partial charge in [-0.2, -0.15) is 0 Å². The molecular formula is C14H27N4OP. The highest BCUT2D eigenvalue weighted by Gasteiger charge is 2.25. The highest BCUT2D eigenvalue weighted by atomic mass is 31.0. The van der Waals surface area contributed by atoms with Gasteiger partial charge in [0.1, 0.15) is 5.82 Å². The minimum atomic E-state index is -0.375. The molecule has 0 bridgehead atoms. The average molecular weight is 298 g/mol. The van der Waals surface area contributed by atoms with E-state index in [1.54, 1.807) is 6.20 Å². The van der Waals surface area contributed by atoms with Crippen LogP contribution >= 0.6 is 9.24 Å². The van der Waals surface area contributed by atoms with Crippen LogP contribution in [0, 0.1) is 6.92 Å². The number of carbonyl (C=O) groups is 1. The zero-order chi connectivity index (χ0) is 15.8. The summed E-state index contributed by atoms with van der Waals surface area (Å²) in [5.41, 5.74) is 0.917. The molecule has 0 radical (unpaired) electrons. The Morgan fingerprint density at radius 3 is 2.55 bits per heavy atom.